The van der Waals surface area contributed by atoms with Crippen molar-refractivity contribution in [3.8, 4) is 5.75 Å². The zero-order valence-corrected chi connectivity index (χ0v) is 19.3. The van der Waals surface area contributed by atoms with Gasteiger partial charge < -0.3 is 19.9 Å². The number of aromatic nitrogens is 2. The fraction of sp³-hybridized carbons (Fsp3) is 0.292. The molecule has 4 rings (SSSR count). The molecule has 9 heteroatoms. The summed E-state index contributed by atoms with van der Waals surface area (Å²) < 4.78 is 19.5. The third kappa shape index (κ3) is 4.91. The molecule has 1 N–H and O–H groups in total. The lowest BCUT2D eigenvalue weighted by molar-refractivity contribution is -0.114. The second-order valence-corrected chi connectivity index (χ2v) is 7.92. The lowest BCUT2D eigenvalue weighted by atomic mass is 10.1. The first-order valence-electron chi connectivity index (χ1n) is 10.8. The number of nitrogens with one attached hydrogen (secondary N) is 1. The average molecular weight is 470 g/mol. The number of halogens is 2. The Bertz CT molecular complexity index is 1200. The molecule has 1 amide bonds. The minimum atomic E-state index is -0.501. The zero-order chi connectivity index (χ0) is 23.4. The molecule has 0 saturated carbocycles. The number of carbonyl (C=O) groups excluding carboxylic acids is 1. The lowest BCUT2D eigenvalue weighted by Gasteiger charge is -2.30. The van der Waals surface area contributed by atoms with Gasteiger partial charge in [-0.15, -0.1) is 0 Å². The van der Waals surface area contributed by atoms with Gasteiger partial charge in [0.05, 0.1) is 28.2 Å². The molecule has 0 spiro atoms. The van der Waals surface area contributed by atoms with Crippen molar-refractivity contribution in [2.45, 2.75) is 13.8 Å². The van der Waals surface area contributed by atoms with Crippen molar-refractivity contribution in [3.63, 3.8) is 0 Å². The van der Waals surface area contributed by atoms with Gasteiger partial charge in [0.25, 0.3) is 5.91 Å². The van der Waals surface area contributed by atoms with Crippen molar-refractivity contribution in [1.82, 2.24) is 14.9 Å². The molecule has 3 aromatic rings. The van der Waals surface area contributed by atoms with Gasteiger partial charge in [0.1, 0.15) is 24.6 Å². The van der Waals surface area contributed by atoms with E-state index in [4.69, 9.17) is 16.3 Å². The van der Waals surface area contributed by atoms with Crippen molar-refractivity contribution < 1.29 is 13.9 Å². The van der Waals surface area contributed by atoms with Crippen LogP contribution in [-0.4, -0.2) is 53.6 Å². The third-order valence-corrected chi connectivity index (χ3v) is 5.84. The largest absolute Gasteiger partial charge is 0.489 e. The number of anilines is 3. The Hall–Kier alpha value is -3.23. The molecule has 1 aromatic heterocycles. The molecule has 1 aliphatic rings. The van der Waals surface area contributed by atoms with E-state index in [0.717, 1.165) is 19.6 Å². The maximum Gasteiger partial charge on any atom is 0.250 e. The molecule has 172 valence electrons. The molecule has 0 unspecified atom stereocenters. The summed E-state index contributed by atoms with van der Waals surface area (Å²) in [6.45, 7) is 7.55. The number of hydrogen-bond acceptors (Lipinski definition) is 6. The van der Waals surface area contributed by atoms with Gasteiger partial charge in [-0.1, -0.05) is 31.5 Å². The normalized spacial score (nSPS) is 13.4. The first kappa shape index (κ1) is 22.9. The van der Waals surface area contributed by atoms with Crippen molar-refractivity contribution in [2.75, 3.05) is 43.0 Å². The summed E-state index contributed by atoms with van der Waals surface area (Å²) in [6, 6.07) is 8.00. The molecule has 2 heterocycles. The number of fused-ring (bicyclic) bond motifs is 3. The van der Waals surface area contributed by atoms with Crippen LogP contribution in [0.3, 0.4) is 0 Å². The monoisotopic (exact) mass is 469 g/mol. The fourth-order valence-corrected chi connectivity index (χ4v) is 3.92. The highest BCUT2D eigenvalue weighted by Gasteiger charge is 2.26. The van der Waals surface area contributed by atoms with E-state index in [9.17, 15) is 9.18 Å². The number of benzene rings is 2. The minimum Gasteiger partial charge on any atom is -0.489 e. The SMILES string of the molecule is CCN(CC)C/C=C/C(=O)N1CCOc2c1ccc1ncnc(Nc3ccc(F)c(Cl)c3)c21. The number of likely N-dealkylation sites (N-methyl/N-ethyl adjacent to an activating group) is 1. The summed E-state index contributed by atoms with van der Waals surface area (Å²) in [5.41, 5.74) is 1.88. The summed E-state index contributed by atoms with van der Waals surface area (Å²) in [5.74, 6) is 0.396. The highest BCUT2D eigenvalue weighted by molar-refractivity contribution is 6.31. The van der Waals surface area contributed by atoms with E-state index in [1.165, 1.54) is 18.5 Å². The second kappa shape index (κ2) is 10.1. The molecule has 1 aliphatic heterocycles. The van der Waals surface area contributed by atoms with E-state index in [-0.39, 0.29) is 10.9 Å². The maximum absolute atomic E-state index is 13.6. The summed E-state index contributed by atoms with van der Waals surface area (Å²) in [6.07, 6.45) is 4.93. The molecule has 0 bridgehead atoms. The summed E-state index contributed by atoms with van der Waals surface area (Å²) in [4.78, 5) is 25.6. The Morgan fingerprint density at radius 1 is 1.27 bits per heavy atom. The van der Waals surface area contributed by atoms with E-state index in [1.807, 2.05) is 18.2 Å². The minimum absolute atomic E-state index is 0.00455. The fourth-order valence-electron chi connectivity index (χ4n) is 3.74. The number of hydrogen-bond donors (Lipinski definition) is 1. The number of amides is 1. The molecule has 7 nitrogen and oxygen atoms in total. The van der Waals surface area contributed by atoms with Crippen LogP contribution >= 0.6 is 11.6 Å². The predicted molar refractivity (Wildman–Crippen MR) is 129 cm³/mol. The van der Waals surface area contributed by atoms with Crippen LogP contribution in [-0.2, 0) is 4.79 Å². The van der Waals surface area contributed by atoms with Crippen LogP contribution in [0.5, 0.6) is 5.75 Å². The van der Waals surface area contributed by atoms with Gasteiger partial charge >= 0.3 is 0 Å². The Balaban J connectivity index is 1.67. The first-order chi connectivity index (χ1) is 16.0. The summed E-state index contributed by atoms with van der Waals surface area (Å²) in [7, 11) is 0. The van der Waals surface area contributed by atoms with Gasteiger partial charge in [-0.3, -0.25) is 4.79 Å². The van der Waals surface area contributed by atoms with Gasteiger partial charge in [-0.25, -0.2) is 14.4 Å². The quantitative estimate of drug-likeness (QED) is 0.502. The number of ether oxygens (including phenoxy) is 1. The molecular formula is C24H25ClFN5O2. The molecular weight excluding hydrogens is 445 g/mol. The van der Waals surface area contributed by atoms with Crippen LogP contribution in [0.25, 0.3) is 10.9 Å². The molecule has 0 saturated heterocycles. The summed E-state index contributed by atoms with van der Waals surface area (Å²) in [5, 5.41) is 3.81. The van der Waals surface area contributed by atoms with Crippen molar-refractivity contribution in [1.29, 1.82) is 0 Å². The Kier molecular flexibility index (Phi) is 7.05. The van der Waals surface area contributed by atoms with Crippen LogP contribution in [0.4, 0.5) is 21.6 Å². The first-order valence-corrected chi connectivity index (χ1v) is 11.2. The van der Waals surface area contributed by atoms with Gasteiger partial charge in [0.15, 0.2) is 5.75 Å². The molecule has 0 fully saturated rings. The maximum atomic E-state index is 13.6. The predicted octanol–water partition coefficient (Wildman–Crippen LogP) is 4.79. The molecule has 2 aromatic carbocycles. The second-order valence-electron chi connectivity index (χ2n) is 7.51. The molecule has 0 radical (unpaired) electrons. The smallest absolute Gasteiger partial charge is 0.250 e. The van der Waals surface area contributed by atoms with Gasteiger partial charge in [0.2, 0.25) is 0 Å². The standard InChI is InChI=1S/C24H25ClFN5O2/c1-3-30(4-2)11-5-6-21(32)31-12-13-33-23-20(31)10-9-19-22(23)24(28-15-27-19)29-16-7-8-18(26)17(25)14-16/h5-10,14-15H,3-4,11-13H2,1-2H3,(H,27,28,29)/b6-5+. The lowest BCUT2D eigenvalue weighted by Crippen LogP contribution is -2.37. The van der Waals surface area contributed by atoms with Crippen LogP contribution in [0.2, 0.25) is 5.02 Å². The van der Waals surface area contributed by atoms with E-state index in [2.05, 4.69) is 34.0 Å². The molecule has 33 heavy (non-hydrogen) atoms. The van der Waals surface area contributed by atoms with Crippen LogP contribution in [0, 0.1) is 5.82 Å². The molecule has 0 atom stereocenters. The van der Waals surface area contributed by atoms with Crippen LogP contribution in [0.15, 0.2) is 48.8 Å². The third-order valence-electron chi connectivity index (χ3n) is 5.55. The summed E-state index contributed by atoms with van der Waals surface area (Å²) >= 11 is 5.92. The van der Waals surface area contributed by atoms with Crippen molar-refractivity contribution in [2.24, 2.45) is 0 Å². The van der Waals surface area contributed by atoms with Gasteiger partial charge in [0, 0.05) is 18.3 Å². The highest BCUT2D eigenvalue weighted by atomic mass is 35.5. The van der Waals surface area contributed by atoms with E-state index in [1.54, 1.807) is 17.0 Å². The number of carbonyl (C=O) groups is 1. The van der Waals surface area contributed by atoms with E-state index < -0.39 is 5.82 Å². The Morgan fingerprint density at radius 3 is 2.85 bits per heavy atom. The zero-order valence-electron chi connectivity index (χ0n) is 18.5. The van der Waals surface area contributed by atoms with E-state index in [0.29, 0.717) is 47.0 Å². The van der Waals surface area contributed by atoms with E-state index >= 15 is 0 Å². The number of nitrogens with zero attached hydrogens (tertiary/aromatic N) is 4. The average Bonchev–Trinajstić information content (AvgIpc) is 2.83. The Labute approximate surface area is 196 Å². The van der Waals surface area contributed by atoms with Crippen molar-refractivity contribution in [3.05, 3.63) is 59.7 Å². The van der Waals surface area contributed by atoms with Crippen LogP contribution < -0.4 is 15.0 Å². The molecule has 0 aliphatic carbocycles. The highest BCUT2D eigenvalue weighted by Crippen LogP contribution is 2.41. The van der Waals surface area contributed by atoms with Crippen LogP contribution in [0.1, 0.15) is 13.8 Å². The number of rotatable bonds is 7. The van der Waals surface area contributed by atoms with Gasteiger partial charge in [-0.2, -0.15) is 0 Å². The Morgan fingerprint density at radius 2 is 2.09 bits per heavy atom. The van der Waals surface area contributed by atoms with Crippen molar-refractivity contribution >= 4 is 45.6 Å². The topological polar surface area (TPSA) is 70.6 Å². The van der Waals surface area contributed by atoms with Gasteiger partial charge in [-0.05, 0) is 43.4 Å².